The van der Waals surface area contributed by atoms with Gasteiger partial charge in [0, 0.05) is 42.7 Å². The van der Waals surface area contributed by atoms with Crippen molar-refractivity contribution < 1.29 is 9.66 Å². The Balaban J connectivity index is 1.69. The molecule has 0 saturated heterocycles. The molecule has 1 heterocycles. The van der Waals surface area contributed by atoms with E-state index in [9.17, 15) is 10.1 Å². The first-order valence-corrected chi connectivity index (χ1v) is 7.08. The summed E-state index contributed by atoms with van der Waals surface area (Å²) in [6.07, 6.45) is 5.78. The molecule has 6 heteroatoms. The Morgan fingerprint density at radius 1 is 1.33 bits per heavy atom. The minimum Gasteiger partial charge on any atom is -0.382 e. The van der Waals surface area contributed by atoms with Crippen LogP contribution in [0.15, 0.2) is 30.6 Å². The molecule has 1 aliphatic carbocycles. The number of nitrogens with one attached hydrogen (secondary N) is 1. The van der Waals surface area contributed by atoms with Crippen molar-refractivity contribution in [2.45, 2.75) is 12.8 Å². The topological polar surface area (TPSA) is 77.3 Å². The van der Waals surface area contributed by atoms with Gasteiger partial charge >= 0.3 is 0 Å². The van der Waals surface area contributed by atoms with Crippen LogP contribution in [0.5, 0.6) is 0 Å². The summed E-state index contributed by atoms with van der Waals surface area (Å²) in [6, 6.07) is 4.92. The van der Waals surface area contributed by atoms with Gasteiger partial charge in [-0.1, -0.05) is 0 Å². The molecule has 0 bridgehead atoms. The van der Waals surface area contributed by atoms with Crippen molar-refractivity contribution in [1.29, 1.82) is 0 Å². The molecular formula is C15H17N3O3. The largest absolute Gasteiger partial charge is 0.382 e. The average molecular weight is 287 g/mol. The Hall–Kier alpha value is -2.21. The number of ether oxygens (including phenoxy) is 1. The lowest BCUT2D eigenvalue weighted by Gasteiger charge is -2.10. The number of hydrogen-bond acceptors (Lipinski definition) is 5. The van der Waals surface area contributed by atoms with E-state index in [1.54, 1.807) is 24.5 Å². The highest BCUT2D eigenvalue weighted by Crippen LogP contribution is 2.31. The molecule has 0 atom stereocenters. The van der Waals surface area contributed by atoms with Gasteiger partial charge in [-0.15, -0.1) is 0 Å². The molecule has 3 rings (SSSR count). The number of pyridine rings is 1. The lowest BCUT2D eigenvalue weighted by molar-refractivity contribution is -0.383. The summed E-state index contributed by atoms with van der Waals surface area (Å²) in [6.45, 7) is 2.15. The molecule has 2 aromatic rings. The number of hydrogen-bond donors (Lipinski definition) is 1. The summed E-state index contributed by atoms with van der Waals surface area (Å²) in [5, 5.41) is 15.7. The maximum Gasteiger partial charge on any atom is 0.277 e. The number of nitrogens with zero attached hydrogens (tertiary/aromatic N) is 2. The summed E-state index contributed by atoms with van der Waals surface area (Å²) < 4.78 is 5.57. The number of anilines is 1. The van der Waals surface area contributed by atoms with E-state index in [2.05, 4.69) is 10.3 Å². The Morgan fingerprint density at radius 3 is 2.95 bits per heavy atom. The molecular weight excluding hydrogens is 270 g/mol. The number of fused-ring (bicyclic) bond motifs is 1. The van der Waals surface area contributed by atoms with Gasteiger partial charge in [0.05, 0.1) is 16.9 Å². The number of rotatable bonds is 7. The average Bonchev–Trinajstić information content (AvgIpc) is 3.30. The van der Waals surface area contributed by atoms with Gasteiger partial charge in [-0.2, -0.15) is 0 Å². The van der Waals surface area contributed by atoms with Crippen LogP contribution in [0.3, 0.4) is 0 Å². The molecule has 1 aliphatic rings. The van der Waals surface area contributed by atoms with Crippen LogP contribution in [0.4, 0.5) is 11.4 Å². The Morgan fingerprint density at radius 2 is 2.19 bits per heavy atom. The lowest BCUT2D eigenvalue weighted by Crippen LogP contribution is -2.11. The van der Waals surface area contributed by atoms with Crippen molar-refractivity contribution in [3.05, 3.63) is 40.7 Å². The summed E-state index contributed by atoms with van der Waals surface area (Å²) in [5.41, 5.74) is 0.946. The fraction of sp³-hybridized carbons (Fsp3) is 0.400. The number of aromatic nitrogens is 1. The molecule has 1 aromatic carbocycles. The standard InChI is InChI=1S/C15H17N3O3/c19-18(20)15-4-3-14(13-9-16-6-5-12(13)15)17-7-8-21-10-11-1-2-11/h3-6,9,11,17H,1-2,7-8,10H2. The van der Waals surface area contributed by atoms with Crippen molar-refractivity contribution >= 4 is 22.1 Å². The van der Waals surface area contributed by atoms with Crippen molar-refractivity contribution in [3.63, 3.8) is 0 Å². The molecule has 0 spiro atoms. The van der Waals surface area contributed by atoms with E-state index in [0.29, 0.717) is 18.5 Å². The lowest BCUT2D eigenvalue weighted by atomic mass is 10.1. The van der Waals surface area contributed by atoms with Crippen LogP contribution >= 0.6 is 0 Å². The third-order valence-corrected chi connectivity index (χ3v) is 3.60. The molecule has 0 unspecified atom stereocenters. The molecule has 0 amide bonds. The van der Waals surface area contributed by atoms with Gasteiger partial charge in [-0.25, -0.2) is 0 Å². The van der Waals surface area contributed by atoms with Crippen LogP contribution in [0.1, 0.15) is 12.8 Å². The Kier molecular flexibility index (Phi) is 3.96. The van der Waals surface area contributed by atoms with E-state index >= 15 is 0 Å². The zero-order valence-corrected chi connectivity index (χ0v) is 11.6. The van der Waals surface area contributed by atoms with Gasteiger partial charge in [0.2, 0.25) is 0 Å². The monoisotopic (exact) mass is 287 g/mol. The number of benzene rings is 1. The number of nitro groups is 1. The van der Waals surface area contributed by atoms with Crippen molar-refractivity contribution in [1.82, 2.24) is 4.98 Å². The minimum absolute atomic E-state index is 0.0999. The van der Waals surface area contributed by atoms with Gasteiger partial charge < -0.3 is 10.1 Å². The fourth-order valence-electron chi connectivity index (χ4n) is 2.28. The van der Waals surface area contributed by atoms with E-state index in [4.69, 9.17) is 4.74 Å². The first-order chi connectivity index (χ1) is 10.3. The van der Waals surface area contributed by atoms with E-state index in [-0.39, 0.29) is 10.6 Å². The Labute approximate surface area is 122 Å². The van der Waals surface area contributed by atoms with Crippen LogP contribution in [-0.4, -0.2) is 29.7 Å². The van der Waals surface area contributed by atoms with Crippen molar-refractivity contribution in [3.8, 4) is 0 Å². The van der Waals surface area contributed by atoms with Gasteiger partial charge in [-0.05, 0) is 30.9 Å². The van der Waals surface area contributed by atoms with Gasteiger partial charge in [-0.3, -0.25) is 15.1 Å². The highest BCUT2D eigenvalue weighted by atomic mass is 16.6. The molecule has 1 N–H and O–H groups in total. The van der Waals surface area contributed by atoms with Crippen LogP contribution in [0, 0.1) is 16.0 Å². The van der Waals surface area contributed by atoms with Gasteiger partial charge in [0.1, 0.15) is 0 Å². The number of nitro benzene ring substituents is 1. The van der Waals surface area contributed by atoms with Crippen LogP contribution < -0.4 is 5.32 Å². The van der Waals surface area contributed by atoms with E-state index in [0.717, 1.165) is 23.6 Å². The molecule has 110 valence electrons. The van der Waals surface area contributed by atoms with Crippen molar-refractivity contribution in [2.24, 2.45) is 5.92 Å². The fourth-order valence-corrected chi connectivity index (χ4v) is 2.28. The SMILES string of the molecule is O=[N+]([O-])c1ccc(NCCOCC2CC2)c2cnccc12. The second-order valence-electron chi connectivity index (χ2n) is 5.26. The third-order valence-electron chi connectivity index (χ3n) is 3.60. The van der Waals surface area contributed by atoms with Crippen molar-refractivity contribution in [2.75, 3.05) is 25.1 Å². The normalized spacial score (nSPS) is 14.3. The maximum absolute atomic E-state index is 11.0. The summed E-state index contributed by atoms with van der Waals surface area (Å²) in [5.74, 6) is 0.759. The quantitative estimate of drug-likeness (QED) is 0.481. The predicted octanol–water partition coefficient (Wildman–Crippen LogP) is 2.98. The zero-order chi connectivity index (χ0) is 14.7. The molecule has 1 aromatic heterocycles. The molecule has 6 nitrogen and oxygen atoms in total. The van der Waals surface area contributed by atoms with Crippen LogP contribution in [0.25, 0.3) is 10.8 Å². The summed E-state index contributed by atoms with van der Waals surface area (Å²) in [4.78, 5) is 14.7. The first kappa shape index (κ1) is 13.8. The molecule has 0 aliphatic heterocycles. The van der Waals surface area contributed by atoms with Crippen LogP contribution in [0.2, 0.25) is 0 Å². The van der Waals surface area contributed by atoms with Gasteiger partial charge in [0.25, 0.3) is 5.69 Å². The second kappa shape index (κ2) is 6.05. The predicted molar refractivity (Wildman–Crippen MR) is 80.4 cm³/mol. The highest BCUT2D eigenvalue weighted by molar-refractivity contribution is 5.99. The summed E-state index contributed by atoms with van der Waals surface area (Å²) >= 11 is 0. The molecule has 21 heavy (non-hydrogen) atoms. The maximum atomic E-state index is 11.0. The molecule has 1 saturated carbocycles. The smallest absolute Gasteiger partial charge is 0.277 e. The first-order valence-electron chi connectivity index (χ1n) is 7.08. The van der Waals surface area contributed by atoms with Crippen LogP contribution in [-0.2, 0) is 4.74 Å². The molecule has 0 radical (unpaired) electrons. The Bertz CT molecular complexity index is 656. The summed E-state index contributed by atoms with van der Waals surface area (Å²) in [7, 11) is 0. The second-order valence-corrected chi connectivity index (χ2v) is 5.26. The van der Waals surface area contributed by atoms with E-state index in [1.807, 2.05) is 0 Å². The number of non-ortho nitro benzene ring substituents is 1. The van der Waals surface area contributed by atoms with E-state index < -0.39 is 0 Å². The van der Waals surface area contributed by atoms with E-state index in [1.165, 1.54) is 18.9 Å². The minimum atomic E-state index is -0.370. The molecule has 1 fully saturated rings. The highest BCUT2D eigenvalue weighted by Gasteiger charge is 2.20. The van der Waals surface area contributed by atoms with Gasteiger partial charge in [0.15, 0.2) is 0 Å². The third kappa shape index (κ3) is 3.28. The zero-order valence-electron chi connectivity index (χ0n) is 11.6.